The molecule has 1 N–H and O–H groups in total. The number of methoxy groups -OCH3 is 2. The summed E-state index contributed by atoms with van der Waals surface area (Å²) in [6.07, 6.45) is 0.689. The number of nitrogens with one attached hydrogen (secondary N) is 1. The molecule has 0 saturated carbocycles. The van der Waals surface area contributed by atoms with Gasteiger partial charge in [0.25, 0.3) is 5.91 Å². The highest BCUT2D eigenvalue weighted by Gasteiger charge is 2.25. The predicted octanol–water partition coefficient (Wildman–Crippen LogP) is 4.76. The number of anilines is 1. The zero-order chi connectivity index (χ0) is 24.8. The number of hydrogen-bond acceptors (Lipinski definition) is 5. The van der Waals surface area contributed by atoms with Gasteiger partial charge in [0.2, 0.25) is 5.91 Å². The maximum atomic E-state index is 13.0. The SMILES string of the molecule is CCC(C(=O)Nc1ccc2c(c1)CN(Cc1cccc(OC)c1OC)C(=O)CO2)c1ccccc1. The summed E-state index contributed by atoms with van der Waals surface area (Å²) in [5, 5.41) is 3.04. The molecule has 1 aliphatic heterocycles. The quantitative estimate of drug-likeness (QED) is 0.510. The maximum absolute atomic E-state index is 13.0. The van der Waals surface area contributed by atoms with Crippen LogP contribution in [0.1, 0.15) is 36.0 Å². The van der Waals surface area contributed by atoms with Crippen LogP contribution >= 0.6 is 0 Å². The summed E-state index contributed by atoms with van der Waals surface area (Å²) < 4.78 is 16.7. The fraction of sp³-hybridized carbons (Fsp3) is 0.286. The number of carbonyl (C=O) groups is 2. The van der Waals surface area contributed by atoms with Gasteiger partial charge in [-0.3, -0.25) is 9.59 Å². The number of rotatable bonds is 8. The van der Waals surface area contributed by atoms with Crippen molar-refractivity contribution < 1.29 is 23.8 Å². The Morgan fingerprint density at radius 3 is 2.57 bits per heavy atom. The molecule has 3 aromatic carbocycles. The Morgan fingerprint density at radius 1 is 1.06 bits per heavy atom. The Hall–Kier alpha value is -4.00. The van der Waals surface area contributed by atoms with Gasteiger partial charge in [0.1, 0.15) is 5.75 Å². The molecule has 0 saturated heterocycles. The van der Waals surface area contributed by atoms with E-state index < -0.39 is 0 Å². The van der Waals surface area contributed by atoms with E-state index in [2.05, 4.69) is 5.32 Å². The van der Waals surface area contributed by atoms with Crippen LogP contribution in [0.3, 0.4) is 0 Å². The summed E-state index contributed by atoms with van der Waals surface area (Å²) in [6, 6.07) is 20.8. The highest BCUT2D eigenvalue weighted by atomic mass is 16.5. The summed E-state index contributed by atoms with van der Waals surface area (Å²) >= 11 is 0. The van der Waals surface area contributed by atoms with Crippen LogP contribution in [0.4, 0.5) is 5.69 Å². The van der Waals surface area contributed by atoms with E-state index in [1.54, 1.807) is 31.3 Å². The molecule has 0 bridgehead atoms. The molecule has 0 aromatic heterocycles. The molecule has 0 spiro atoms. The number of nitrogens with zero attached hydrogens (tertiary/aromatic N) is 1. The second-order valence-electron chi connectivity index (χ2n) is 8.37. The third-order valence-corrected chi connectivity index (χ3v) is 6.17. The van der Waals surface area contributed by atoms with E-state index in [0.717, 1.165) is 16.7 Å². The van der Waals surface area contributed by atoms with Gasteiger partial charge in [-0.2, -0.15) is 0 Å². The molecule has 1 unspecified atom stereocenters. The number of carbonyl (C=O) groups excluding carboxylic acids is 2. The average molecular weight is 475 g/mol. The van der Waals surface area contributed by atoms with Gasteiger partial charge in [-0.1, -0.05) is 49.4 Å². The summed E-state index contributed by atoms with van der Waals surface area (Å²) in [5.74, 6) is 1.39. The zero-order valence-corrected chi connectivity index (χ0v) is 20.2. The second-order valence-corrected chi connectivity index (χ2v) is 8.37. The first-order valence-electron chi connectivity index (χ1n) is 11.6. The molecule has 4 rings (SSSR count). The van der Waals surface area contributed by atoms with E-state index in [1.807, 2.05) is 61.5 Å². The standard InChI is InChI=1S/C28H30N2O5/c1-4-23(19-9-6-5-7-10-19)28(32)29-22-13-14-24-21(15-22)17-30(26(31)18-35-24)16-20-11-8-12-25(33-2)27(20)34-3/h5-15,23H,4,16-18H2,1-3H3,(H,29,32). The van der Waals surface area contributed by atoms with Crippen LogP contribution in [0.2, 0.25) is 0 Å². The van der Waals surface area contributed by atoms with Crippen molar-refractivity contribution in [3.63, 3.8) is 0 Å². The smallest absolute Gasteiger partial charge is 0.261 e. The van der Waals surface area contributed by atoms with Crippen molar-refractivity contribution >= 4 is 17.5 Å². The van der Waals surface area contributed by atoms with E-state index in [1.165, 1.54) is 0 Å². The molecule has 7 heteroatoms. The molecule has 1 atom stereocenters. The Balaban J connectivity index is 1.54. The normalized spacial score (nSPS) is 13.8. The van der Waals surface area contributed by atoms with E-state index in [-0.39, 0.29) is 24.3 Å². The van der Waals surface area contributed by atoms with Crippen LogP contribution in [-0.2, 0) is 22.7 Å². The van der Waals surface area contributed by atoms with Crippen LogP contribution in [0.5, 0.6) is 17.2 Å². The van der Waals surface area contributed by atoms with Gasteiger partial charge in [-0.05, 0) is 36.2 Å². The van der Waals surface area contributed by atoms with Crippen LogP contribution in [0.15, 0.2) is 66.7 Å². The van der Waals surface area contributed by atoms with Crippen molar-refractivity contribution in [3.8, 4) is 17.2 Å². The average Bonchev–Trinajstić information content (AvgIpc) is 3.03. The van der Waals surface area contributed by atoms with E-state index >= 15 is 0 Å². The molecule has 1 heterocycles. The van der Waals surface area contributed by atoms with Crippen LogP contribution in [-0.4, -0.2) is 37.5 Å². The maximum Gasteiger partial charge on any atom is 0.261 e. The molecular weight excluding hydrogens is 444 g/mol. The number of benzene rings is 3. The Bertz CT molecular complexity index is 1200. The molecule has 7 nitrogen and oxygen atoms in total. The van der Waals surface area contributed by atoms with E-state index in [4.69, 9.17) is 14.2 Å². The van der Waals surface area contributed by atoms with E-state index in [9.17, 15) is 9.59 Å². The molecule has 0 aliphatic carbocycles. The Labute approximate surface area is 205 Å². The van der Waals surface area contributed by atoms with Crippen molar-refractivity contribution in [2.45, 2.75) is 32.4 Å². The number of hydrogen-bond donors (Lipinski definition) is 1. The number of ether oxygens (including phenoxy) is 3. The molecule has 182 valence electrons. The van der Waals surface area contributed by atoms with Gasteiger partial charge >= 0.3 is 0 Å². The predicted molar refractivity (Wildman–Crippen MR) is 134 cm³/mol. The first-order chi connectivity index (χ1) is 17.0. The lowest BCUT2D eigenvalue weighted by Crippen LogP contribution is -2.32. The fourth-order valence-electron chi connectivity index (χ4n) is 4.36. The summed E-state index contributed by atoms with van der Waals surface area (Å²) in [4.78, 5) is 27.6. The highest BCUT2D eigenvalue weighted by Crippen LogP contribution is 2.33. The molecule has 0 radical (unpaired) electrons. The van der Waals surface area contributed by atoms with E-state index in [0.29, 0.717) is 42.4 Å². The zero-order valence-electron chi connectivity index (χ0n) is 20.2. The second kappa shape index (κ2) is 11.0. The van der Waals surface area contributed by atoms with Gasteiger partial charge in [0.05, 0.1) is 20.1 Å². The fourth-order valence-corrected chi connectivity index (χ4v) is 4.36. The monoisotopic (exact) mass is 474 g/mol. The first kappa shape index (κ1) is 24.1. The van der Waals surface area contributed by atoms with Crippen molar-refractivity contribution in [2.75, 3.05) is 26.1 Å². The molecular formula is C28H30N2O5. The third kappa shape index (κ3) is 5.40. The van der Waals surface area contributed by atoms with Crippen LogP contribution in [0, 0.1) is 0 Å². The Kier molecular flexibility index (Phi) is 7.55. The minimum atomic E-state index is -0.245. The topological polar surface area (TPSA) is 77.1 Å². The van der Waals surface area contributed by atoms with Crippen molar-refractivity contribution in [3.05, 3.63) is 83.4 Å². The van der Waals surface area contributed by atoms with Gasteiger partial charge in [0.15, 0.2) is 18.1 Å². The lowest BCUT2D eigenvalue weighted by atomic mass is 9.95. The lowest BCUT2D eigenvalue weighted by molar-refractivity contribution is -0.133. The van der Waals surface area contributed by atoms with Crippen LogP contribution < -0.4 is 19.5 Å². The van der Waals surface area contributed by atoms with Crippen LogP contribution in [0.25, 0.3) is 0 Å². The number of fused-ring (bicyclic) bond motifs is 1. The minimum Gasteiger partial charge on any atom is -0.493 e. The molecule has 3 aromatic rings. The highest BCUT2D eigenvalue weighted by molar-refractivity contribution is 5.96. The minimum absolute atomic E-state index is 0.0586. The van der Waals surface area contributed by atoms with Crippen molar-refractivity contribution in [2.24, 2.45) is 0 Å². The molecule has 0 fully saturated rings. The molecule has 35 heavy (non-hydrogen) atoms. The molecule has 2 amide bonds. The molecule has 1 aliphatic rings. The number of amides is 2. The first-order valence-corrected chi connectivity index (χ1v) is 11.6. The lowest BCUT2D eigenvalue weighted by Gasteiger charge is -2.22. The third-order valence-electron chi connectivity index (χ3n) is 6.17. The van der Waals surface area contributed by atoms with Gasteiger partial charge < -0.3 is 24.4 Å². The largest absolute Gasteiger partial charge is 0.493 e. The van der Waals surface area contributed by atoms with Gasteiger partial charge in [0, 0.05) is 29.9 Å². The van der Waals surface area contributed by atoms with Crippen molar-refractivity contribution in [1.29, 1.82) is 0 Å². The van der Waals surface area contributed by atoms with Gasteiger partial charge in [-0.15, -0.1) is 0 Å². The van der Waals surface area contributed by atoms with Crippen molar-refractivity contribution in [1.82, 2.24) is 4.90 Å². The Morgan fingerprint density at radius 2 is 1.86 bits per heavy atom. The van der Waals surface area contributed by atoms with Gasteiger partial charge in [-0.25, -0.2) is 0 Å². The number of para-hydroxylation sites is 1. The summed E-state index contributed by atoms with van der Waals surface area (Å²) in [5.41, 5.74) is 3.31. The summed E-state index contributed by atoms with van der Waals surface area (Å²) in [6.45, 7) is 2.62. The summed E-state index contributed by atoms with van der Waals surface area (Å²) in [7, 11) is 3.16.